The molecule has 4 radical (unpaired) electrons. The van der Waals surface area contributed by atoms with Crippen LogP contribution in [0, 0.1) is 13.8 Å². The molecule has 0 saturated heterocycles. The molecule has 0 atom stereocenters. The van der Waals surface area contributed by atoms with Gasteiger partial charge in [0.25, 0.3) is 0 Å². The average Bonchev–Trinajstić information content (AvgIpc) is 2.52. The zero-order chi connectivity index (χ0) is 19.8. The maximum Gasteiger partial charge on any atom is 0.311 e. The molecule has 0 aliphatic rings. The summed E-state index contributed by atoms with van der Waals surface area (Å²) < 4.78 is 14.6. The van der Waals surface area contributed by atoms with Crippen LogP contribution in [0.15, 0.2) is 24.3 Å². The van der Waals surface area contributed by atoms with Gasteiger partial charge in [-0.3, -0.25) is 14.4 Å². The molecule has 0 aromatic carbocycles. The minimum absolute atomic E-state index is 0.0567. The third-order valence-electron chi connectivity index (χ3n) is 3.06. The number of nitrogens with zero attached hydrogens (tertiary/aromatic N) is 1. The largest absolute Gasteiger partial charge is 0.462 e. The van der Waals surface area contributed by atoms with Crippen molar-refractivity contribution in [3.05, 3.63) is 38.2 Å². The molecule has 7 heteroatoms. The Bertz CT molecular complexity index is 454. The van der Waals surface area contributed by atoms with Crippen LogP contribution in [-0.4, -0.2) is 62.8 Å². The van der Waals surface area contributed by atoms with Gasteiger partial charge in [-0.15, -0.1) is 0 Å². The van der Waals surface area contributed by atoms with E-state index in [-0.39, 0.29) is 25.3 Å². The second kappa shape index (κ2) is 15.1. The van der Waals surface area contributed by atoms with Gasteiger partial charge in [-0.2, -0.15) is 0 Å². The number of hydrogen-bond donors (Lipinski definition) is 0. The van der Waals surface area contributed by atoms with Crippen LogP contribution in [0.2, 0.25) is 0 Å². The van der Waals surface area contributed by atoms with Crippen LogP contribution >= 0.6 is 0 Å². The summed E-state index contributed by atoms with van der Waals surface area (Å²) in [5.41, 5.74) is 0. The van der Waals surface area contributed by atoms with Crippen molar-refractivity contribution < 1.29 is 28.6 Å². The average molecular weight is 365 g/mol. The number of ether oxygens (including phenoxy) is 3. The first-order valence-electron chi connectivity index (χ1n) is 8.30. The van der Waals surface area contributed by atoms with Gasteiger partial charge in [0.1, 0.15) is 19.3 Å². The molecule has 0 bridgehead atoms. The molecule has 0 aromatic heterocycles. The molecule has 0 unspecified atom stereocenters. The molecule has 0 aromatic rings. The van der Waals surface area contributed by atoms with Gasteiger partial charge in [0.15, 0.2) is 0 Å². The van der Waals surface area contributed by atoms with Crippen molar-refractivity contribution in [1.29, 1.82) is 0 Å². The van der Waals surface area contributed by atoms with Crippen molar-refractivity contribution in [2.24, 2.45) is 0 Å². The predicted molar refractivity (Wildman–Crippen MR) is 95.7 cm³/mol. The van der Waals surface area contributed by atoms with E-state index in [1.807, 2.05) is 19.0 Å². The number of hydrogen-bond acceptors (Lipinski definition) is 7. The van der Waals surface area contributed by atoms with E-state index >= 15 is 0 Å². The topological polar surface area (TPSA) is 82.1 Å². The second-order valence-corrected chi connectivity index (χ2v) is 5.69. The minimum atomic E-state index is -0.851. The molecule has 7 nitrogen and oxygen atoms in total. The first kappa shape index (κ1) is 23.9. The predicted octanol–water partition coefficient (Wildman–Crippen LogP) is 1.64. The number of rotatable bonds is 13. The van der Waals surface area contributed by atoms with E-state index in [9.17, 15) is 14.4 Å². The lowest BCUT2D eigenvalue weighted by molar-refractivity contribution is -0.149. The zero-order valence-corrected chi connectivity index (χ0v) is 15.4. The van der Waals surface area contributed by atoms with E-state index in [2.05, 4.69) is 9.47 Å². The van der Waals surface area contributed by atoms with E-state index in [0.717, 1.165) is 6.54 Å². The molecule has 0 N–H and O–H groups in total. The summed E-state index contributed by atoms with van der Waals surface area (Å²) in [4.78, 5) is 34.9. The van der Waals surface area contributed by atoms with Gasteiger partial charge >= 0.3 is 17.9 Å². The highest BCUT2D eigenvalue weighted by Crippen LogP contribution is 2.09. The maximum absolute atomic E-state index is 11.9. The first-order valence-corrected chi connectivity index (χ1v) is 8.30. The molecule has 144 valence electrons. The Labute approximate surface area is 156 Å². The molecule has 0 spiro atoms. The summed E-state index contributed by atoms with van der Waals surface area (Å²) >= 11 is 0. The van der Waals surface area contributed by atoms with Gasteiger partial charge in [-0.1, -0.05) is 24.3 Å². The van der Waals surface area contributed by atoms with Gasteiger partial charge in [-0.05, 0) is 27.1 Å². The van der Waals surface area contributed by atoms with E-state index in [4.69, 9.17) is 18.6 Å². The summed E-state index contributed by atoms with van der Waals surface area (Å²) in [5, 5.41) is 0. The minimum Gasteiger partial charge on any atom is -0.462 e. The molecule has 0 rings (SSSR count). The molecule has 0 saturated carbocycles. The van der Waals surface area contributed by atoms with E-state index < -0.39 is 11.9 Å². The fraction of sp³-hybridized carbons (Fsp3) is 0.526. The monoisotopic (exact) mass is 365 g/mol. The smallest absolute Gasteiger partial charge is 0.311 e. The van der Waals surface area contributed by atoms with E-state index in [0.29, 0.717) is 25.7 Å². The highest BCUT2D eigenvalue weighted by molar-refractivity contribution is 5.74. The lowest BCUT2D eigenvalue weighted by Crippen LogP contribution is -2.19. The molecule has 0 heterocycles. The van der Waals surface area contributed by atoms with E-state index in [1.54, 1.807) is 24.3 Å². The molecule has 0 aliphatic carbocycles. The summed E-state index contributed by atoms with van der Waals surface area (Å²) in [5.74, 6) is -1.98. The lowest BCUT2D eigenvalue weighted by Gasteiger charge is -2.15. The van der Waals surface area contributed by atoms with E-state index in [1.165, 1.54) is 0 Å². The standard InChI is InChI=1S/C19H27NO6/c1-16(21)24-14-7-5-10-18(11-6-8-15-25-17(2)22)26-19(23)12-9-13-20(3)4/h1-2,5-8,18H,9-15H2,3-4H3/b7-5-,8-6-. The Morgan fingerprint density at radius 1 is 0.923 bits per heavy atom. The van der Waals surface area contributed by atoms with Gasteiger partial charge in [0, 0.05) is 19.3 Å². The van der Waals surface area contributed by atoms with Crippen LogP contribution < -0.4 is 0 Å². The highest BCUT2D eigenvalue weighted by atomic mass is 16.5. The summed E-state index contributed by atoms with van der Waals surface area (Å²) in [6.45, 7) is 10.6. The molecular formula is C19H27NO6. The molecule has 0 aliphatic heterocycles. The molecular weight excluding hydrogens is 338 g/mol. The van der Waals surface area contributed by atoms with Crippen LogP contribution in [0.1, 0.15) is 25.7 Å². The fourth-order valence-electron chi connectivity index (χ4n) is 1.87. The van der Waals surface area contributed by atoms with Gasteiger partial charge in [-0.25, -0.2) is 0 Å². The van der Waals surface area contributed by atoms with Crippen molar-refractivity contribution in [1.82, 2.24) is 4.90 Å². The zero-order valence-electron chi connectivity index (χ0n) is 15.4. The maximum atomic E-state index is 11.9. The summed E-state index contributed by atoms with van der Waals surface area (Å²) in [6, 6.07) is 0. The molecule has 0 fully saturated rings. The van der Waals surface area contributed by atoms with Crippen LogP contribution in [0.25, 0.3) is 0 Å². The van der Waals surface area contributed by atoms with Crippen molar-refractivity contribution in [2.45, 2.75) is 31.8 Å². The summed E-state index contributed by atoms with van der Waals surface area (Å²) in [6.07, 6.45) is 8.29. The van der Waals surface area contributed by atoms with Crippen molar-refractivity contribution in [3.8, 4) is 0 Å². The second-order valence-electron chi connectivity index (χ2n) is 5.69. The summed E-state index contributed by atoms with van der Waals surface area (Å²) in [7, 11) is 3.87. The van der Waals surface area contributed by atoms with Crippen LogP contribution in [-0.2, 0) is 28.6 Å². The normalized spacial score (nSPS) is 11.5. The molecule has 26 heavy (non-hydrogen) atoms. The number of carbonyl (C=O) groups is 3. The SMILES string of the molecule is [CH]C(=O)OC/C=C\CC(C/C=C\COC([CH])=O)OC(=O)CCCN(C)C. The van der Waals surface area contributed by atoms with Crippen LogP contribution in [0.4, 0.5) is 0 Å². The number of esters is 3. The van der Waals surface area contributed by atoms with Crippen LogP contribution in [0.5, 0.6) is 0 Å². The van der Waals surface area contributed by atoms with Crippen molar-refractivity contribution in [3.63, 3.8) is 0 Å². The van der Waals surface area contributed by atoms with Crippen LogP contribution in [0.3, 0.4) is 0 Å². The van der Waals surface area contributed by atoms with Crippen molar-refractivity contribution in [2.75, 3.05) is 33.9 Å². The quantitative estimate of drug-likeness (QED) is 0.279. The third kappa shape index (κ3) is 16.7. The number of carbonyl (C=O) groups excluding carboxylic acids is 3. The third-order valence-corrected chi connectivity index (χ3v) is 3.06. The molecule has 0 amide bonds. The fourth-order valence-corrected chi connectivity index (χ4v) is 1.87. The van der Waals surface area contributed by atoms with Gasteiger partial charge in [0.05, 0.1) is 13.8 Å². The Kier molecular flexibility index (Phi) is 13.9. The highest BCUT2D eigenvalue weighted by Gasteiger charge is 2.12. The lowest BCUT2D eigenvalue weighted by atomic mass is 10.1. The Morgan fingerprint density at radius 3 is 1.85 bits per heavy atom. The Hall–Kier alpha value is -2.15. The Balaban J connectivity index is 4.39. The van der Waals surface area contributed by atoms with Gasteiger partial charge < -0.3 is 19.1 Å². The van der Waals surface area contributed by atoms with Gasteiger partial charge in [0.2, 0.25) is 0 Å². The van der Waals surface area contributed by atoms with Crippen molar-refractivity contribution >= 4 is 17.9 Å². The first-order chi connectivity index (χ1) is 12.3. The Morgan fingerprint density at radius 2 is 1.42 bits per heavy atom.